The molecule has 0 N–H and O–H groups in total. The molecule has 1 amide bonds. The maximum atomic E-state index is 13.7. The molecule has 0 bridgehead atoms. The summed E-state index contributed by atoms with van der Waals surface area (Å²) in [5.41, 5.74) is 0.495. The van der Waals surface area contributed by atoms with Gasteiger partial charge < -0.3 is 9.64 Å². The first kappa shape index (κ1) is 23.0. The average molecular weight is 457 g/mol. The number of carbonyl (C=O) groups is 1. The van der Waals surface area contributed by atoms with Crippen LogP contribution in [0.3, 0.4) is 0 Å². The van der Waals surface area contributed by atoms with Gasteiger partial charge in [0.15, 0.2) is 0 Å². The van der Waals surface area contributed by atoms with Crippen LogP contribution in [0.4, 0.5) is 0 Å². The van der Waals surface area contributed by atoms with Crippen molar-refractivity contribution in [3.63, 3.8) is 0 Å². The summed E-state index contributed by atoms with van der Waals surface area (Å²) in [6.45, 7) is 8.91. The van der Waals surface area contributed by atoms with Gasteiger partial charge in [-0.3, -0.25) is 18.9 Å². The molecule has 1 aliphatic rings. The van der Waals surface area contributed by atoms with Gasteiger partial charge in [-0.25, -0.2) is 4.79 Å². The van der Waals surface area contributed by atoms with Gasteiger partial charge in [-0.1, -0.05) is 31.4 Å². The minimum Gasteiger partial charge on any atom is -0.457 e. The first-order valence-electron chi connectivity index (χ1n) is 11.2. The van der Waals surface area contributed by atoms with Crippen LogP contribution < -0.4 is 21.1 Å². The number of carbonyl (C=O) groups excluding carboxylic acids is 1. The summed E-state index contributed by atoms with van der Waals surface area (Å²) < 4.78 is 9.21. The van der Waals surface area contributed by atoms with Crippen LogP contribution in [0.15, 0.2) is 77.0 Å². The van der Waals surface area contributed by atoms with Crippen LogP contribution in [-0.4, -0.2) is 46.3 Å². The van der Waals surface area contributed by atoms with Crippen molar-refractivity contribution in [1.29, 1.82) is 0 Å². The largest absolute Gasteiger partial charge is 0.457 e. The zero-order chi connectivity index (χ0) is 24.1. The molecular weight excluding hydrogens is 428 g/mol. The lowest BCUT2D eigenvalue weighted by atomic mass is 10.1. The lowest BCUT2D eigenvalue weighted by Gasteiger charge is -2.32. The summed E-state index contributed by atoms with van der Waals surface area (Å²) >= 11 is 0. The number of aromatic nitrogens is 2. The standard InChI is InChI=1S/C27H28N4O3/c1-4-26(32)29-18-8-9-22(19-29)30-20(2)25(16-17-28-3)31(27(30)33)21-12-14-24(15-13-21)34-23-10-6-5-7-11-23/h4-7,10-17,22H,1-2,8-9,18-19H2,3H3/b25-16+,28-17-/t22-/m1/s1. The predicted octanol–water partition coefficient (Wildman–Crippen LogP) is 2.67. The summed E-state index contributed by atoms with van der Waals surface area (Å²) in [5, 5.41) is 1.24. The minimum atomic E-state index is -0.199. The van der Waals surface area contributed by atoms with Gasteiger partial charge in [0.05, 0.1) is 22.4 Å². The lowest BCUT2D eigenvalue weighted by molar-refractivity contribution is -0.127. The molecule has 0 unspecified atom stereocenters. The molecule has 0 saturated carbocycles. The van der Waals surface area contributed by atoms with Crippen molar-refractivity contribution in [2.75, 3.05) is 20.1 Å². The van der Waals surface area contributed by atoms with E-state index in [4.69, 9.17) is 4.74 Å². The highest BCUT2D eigenvalue weighted by molar-refractivity contribution is 5.90. The number of piperidine rings is 1. The van der Waals surface area contributed by atoms with E-state index >= 15 is 0 Å². The number of hydrogen-bond acceptors (Lipinski definition) is 4. The lowest BCUT2D eigenvalue weighted by Crippen LogP contribution is -2.45. The number of imidazole rings is 1. The second-order valence-corrected chi connectivity index (χ2v) is 8.09. The third kappa shape index (κ3) is 4.64. The van der Waals surface area contributed by atoms with Gasteiger partial charge in [0.2, 0.25) is 5.91 Å². The van der Waals surface area contributed by atoms with E-state index in [2.05, 4.69) is 18.2 Å². The van der Waals surface area contributed by atoms with Gasteiger partial charge >= 0.3 is 5.69 Å². The summed E-state index contributed by atoms with van der Waals surface area (Å²) in [6.07, 6.45) is 6.34. The van der Waals surface area contributed by atoms with E-state index in [1.54, 1.807) is 33.4 Å². The van der Waals surface area contributed by atoms with Crippen LogP contribution >= 0.6 is 0 Å². The van der Waals surface area contributed by atoms with Crippen LogP contribution in [0.25, 0.3) is 18.3 Å². The molecule has 34 heavy (non-hydrogen) atoms. The highest BCUT2D eigenvalue weighted by atomic mass is 16.5. The maximum absolute atomic E-state index is 13.7. The van der Waals surface area contributed by atoms with E-state index in [9.17, 15) is 9.59 Å². The molecule has 3 aromatic rings. The quantitative estimate of drug-likeness (QED) is 0.423. The summed E-state index contributed by atoms with van der Waals surface area (Å²) in [6, 6.07) is 16.7. The van der Waals surface area contributed by atoms with E-state index in [0.717, 1.165) is 18.6 Å². The van der Waals surface area contributed by atoms with Crippen molar-refractivity contribution < 1.29 is 9.53 Å². The maximum Gasteiger partial charge on any atom is 0.334 e. The minimum absolute atomic E-state index is 0.123. The number of benzene rings is 2. The first-order chi connectivity index (χ1) is 16.5. The summed E-state index contributed by atoms with van der Waals surface area (Å²) in [5.74, 6) is 1.29. The molecule has 174 valence electrons. The van der Waals surface area contributed by atoms with Crippen LogP contribution in [0.5, 0.6) is 11.5 Å². The van der Waals surface area contributed by atoms with Crippen LogP contribution in [0, 0.1) is 0 Å². The number of hydrogen-bond donors (Lipinski definition) is 0. The van der Waals surface area contributed by atoms with Crippen molar-refractivity contribution in [1.82, 2.24) is 14.0 Å². The molecule has 0 radical (unpaired) electrons. The van der Waals surface area contributed by atoms with Crippen molar-refractivity contribution >= 4 is 24.8 Å². The van der Waals surface area contributed by atoms with Gasteiger partial charge in [0.25, 0.3) is 0 Å². The number of nitrogens with zero attached hydrogens (tertiary/aromatic N) is 4. The molecule has 2 heterocycles. The Bertz CT molecular complexity index is 1370. The third-order valence-corrected chi connectivity index (χ3v) is 5.93. The van der Waals surface area contributed by atoms with E-state index in [1.807, 2.05) is 54.6 Å². The van der Waals surface area contributed by atoms with E-state index in [1.165, 1.54) is 6.08 Å². The number of rotatable bonds is 6. The zero-order valence-corrected chi connectivity index (χ0v) is 19.3. The first-order valence-corrected chi connectivity index (χ1v) is 11.2. The SMILES string of the molecule is C=CC(=O)N1CCC[C@@H](n2c(=C)/c(=C\C=N/C)n(-c3ccc(Oc4ccccc4)cc3)c2=O)C1. The molecular formula is C27H28N4O3. The second-order valence-electron chi connectivity index (χ2n) is 8.09. The Morgan fingerprint density at radius 1 is 1.12 bits per heavy atom. The highest BCUT2D eigenvalue weighted by Gasteiger charge is 2.26. The Balaban J connectivity index is 1.74. The molecule has 7 nitrogen and oxygen atoms in total. The fourth-order valence-electron chi connectivity index (χ4n) is 4.30. The molecule has 0 spiro atoms. The molecule has 1 aliphatic heterocycles. The smallest absolute Gasteiger partial charge is 0.334 e. The fraction of sp³-hybridized carbons (Fsp3) is 0.222. The van der Waals surface area contributed by atoms with E-state index in [-0.39, 0.29) is 17.6 Å². The Morgan fingerprint density at radius 2 is 1.82 bits per heavy atom. The van der Waals surface area contributed by atoms with E-state index in [0.29, 0.717) is 35.2 Å². The number of ether oxygens (including phenoxy) is 1. The van der Waals surface area contributed by atoms with Crippen LogP contribution in [0.2, 0.25) is 0 Å². The van der Waals surface area contributed by atoms with Crippen molar-refractivity contribution in [2.24, 2.45) is 4.99 Å². The number of aliphatic imine (C=N–C) groups is 1. The van der Waals surface area contributed by atoms with Crippen molar-refractivity contribution in [2.45, 2.75) is 18.9 Å². The topological polar surface area (TPSA) is 68.8 Å². The monoisotopic (exact) mass is 456 g/mol. The summed E-state index contributed by atoms with van der Waals surface area (Å²) in [7, 11) is 1.67. The molecule has 2 aromatic carbocycles. The van der Waals surface area contributed by atoms with Crippen molar-refractivity contribution in [3.05, 3.63) is 88.4 Å². The van der Waals surface area contributed by atoms with E-state index < -0.39 is 0 Å². The van der Waals surface area contributed by atoms with Crippen molar-refractivity contribution in [3.8, 4) is 17.2 Å². The molecule has 1 aromatic heterocycles. The zero-order valence-electron chi connectivity index (χ0n) is 19.3. The Kier molecular flexibility index (Phi) is 6.92. The number of amides is 1. The van der Waals surface area contributed by atoms with Gasteiger partial charge in [0.1, 0.15) is 11.5 Å². The number of likely N-dealkylation sites (tertiary alicyclic amines) is 1. The molecule has 7 heteroatoms. The molecule has 1 atom stereocenters. The Morgan fingerprint density at radius 3 is 2.50 bits per heavy atom. The van der Waals surface area contributed by atoms with Gasteiger partial charge in [-0.15, -0.1) is 0 Å². The Hall–Kier alpha value is -4.13. The fourth-order valence-corrected chi connectivity index (χ4v) is 4.30. The van der Waals surface area contributed by atoms with Gasteiger partial charge in [0, 0.05) is 26.4 Å². The highest BCUT2D eigenvalue weighted by Crippen LogP contribution is 2.22. The molecule has 0 aliphatic carbocycles. The summed E-state index contributed by atoms with van der Waals surface area (Å²) in [4.78, 5) is 31.6. The molecule has 1 fully saturated rings. The molecule has 4 rings (SSSR count). The van der Waals surface area contributed by atoms with Gasteiger partial charge in [-0.2, -0.15) is 0 Å². The Labute approximate surface area is 198 Å². The normalized spacial score (nSPS) is 16.7. The third-order valence-electron chi connectivity index (χ3n) is 5.93. The molecule has 1 saturated heterocycles. The average Bonchev–Trinajstić information content (AvgIpc) is 3.12. The van der Waals surface area contributed by atoms with Gasteiger partial charge in [-0.05, 0) is 61.4 Å². The number of para-hydroxylation sites is 1. The predicted molar refractivity (Wildman–Crippen MR) is 135 cm³/mol. The second kappa shape index (κ2) is 10.2. The van der Waals surface area contributed by atoms with Crippen LogP contribution in [-0.2, 0) is 4.79 Å². The van der Waals surface area contributed by atoms with Crippen LogP contribution in [0.1, 0.15) is 18.9 Å².